The molecule has 2 heterocycles. The minimum Gasteiger partial charge on any atom is -0.489 e. The fourth-order valence-corrected chi connectivity index (χ4v) is 2.68. The van der Waals surface area contributed by atoms with E-state index in [4.69, 9.17) is 16.3 Å². The van der Waals surface area contributed by atoms with Gasteiger partial charge in [-0.1, -0.05) is 17.7 Å². The van der Waals surface area contributed by atoms with Crippen LogP contribution in [0.15, 0.2) is 36.7 Å². The maximum Gasteiger partial charge on any atom is 0.255 e. The van der Waals surface area contributed by atoms with Crippen molar-refractivity contribution in [2.45, 2.75) is 26.0 Å². The number of hydrogen-bond acceptors (Lipinski definition) is 3. The maximum absolute atomic E-state index is 12.4. The lowest BCUT2D eigenvalue weighted by molar-refractivity contribution is 0.0946. The Hall–Kier alpha value is -2.07. The lowest BCUT2D eigenvalue weighted by Crippen LogP contribution is -2.23. The van der Waals surface area contributed by atoms with Crippen molar-refractivity contribution in [1.82, 2.24) is 10.3 Å². The first-order valence-corrected chi connectivity index (χ1v) is 7.17. The molecule has 0 saturated heterocycles. The van der Waals surface area contributed by atoms with E-state index in [1.165, 1.54) is 0 Å². The van der Waals surface area contributed by atoms with Gasteiger partial charge in [-0.25, -0.2) is 0 Å². The van der Waals surface area contributed by atoms with E-state index in [9.17, 15) is 4.79 Å². The molecule has 3 rings (SSSR count). The van der Waals surface area contributed by atoms with E-state index in [1.807, 2.05) is 25.1 Å². The minimum atomic E-state index is -0.188. The Morgan fingerprint density at radius 2 is 2.38 bits per heavy atom. The zero-order valence-electron chi connectivity index (χ0n) is 11.6. The Morgan fingerprint density at radius 1 is 1.52 bits per heavy atom. The summed E-state index contributed by atoms with van der Waals surface area (Å²) in [7, 11) is 0. The van der Waals surface area contributed by atoms with Crippen LogP contribution in [-0.4, -0.2) is 17.0 Å². The summed E-state index contributed by atoms with van der Waals surface area (Å²) >= 11 is 6.09. The van der Waals surface area contributed by atoms with Gasteiger partial charge < -0.3 is 10.1 Å². The molecule has 1 aromatic carbocycles. The molecule has 1 unspecified atom stereocenters. The number of carbonyl (C=O) groups is 1. The van der Waals surface area contributed by atoms with E-state index < -0.39 is 0 Å². The van der Waals surface area contributed by atoms with Crippen LogP contribution in [0.4, 0.5) is 0 Å². The maximum atomic E-state index is 12.4. The second-order valence-corrected chi connectivity index (χ2v) is 5.55. The lowest BCUT2D eigenvalue weighted by Gasteiger charge is -2.10. The molecule has 1 aliphatic heterocycles. The molecule has 1 atom stereocenters. The monoisotopic (exact) mass is 302 g/mol. The highest BCUT2D eigenvalue weighted by atomic mass is 35.5. The van der Waals surface area contributed by atoms with Crippen molar-refractivity contribution in [2.24, 2.45) is 0 Å². The summed E-state index contributed by atoms with van der Waals surface area (Å²) in [5, 5.41) is 3.42. The van der Waals surface area contributed by atoms with Gasteiger partial charge in [0, 0.05) is 35.9 Å². The zero-order chi connectivity index (χ0) is 14.8. The van der Waals surface area contributed by atoms with E-state index in [2.05, 4.69) is 10.3 Å². The smallest absolute Gasteiger partial charge is 0.255 e. The van der Waals surface area contributed by atoms with Gasteiger partial charge in [-0.15, -0.1) is 0 Å². The van der Waals surface area contributed by atoms with Crippen LogP contribution in [0, 0.1) is 0 Å². The molecule has 2 aromatic rings. The number of pyridine rings is 1. The van der Waals surface area contributed by atoms with Gasteiger partial charge >= 0.3 is 0 Å². The highest BCUT2D eigenvalue weighted by molar-refractivity contribution is 6.31. The predicted octanol–water partition coefficient (Wildman–Crippen LogP) is 2.99. The normalized spacial score (nSPS) is 16.2. The van der Waals surface area contributed by atoms with Gasteiger partial charge in [0.15, 0.2) is 0 Å². The highest BCUT2D eigenvalue weighted by Crippen LogP contribution is 2.35. The van der Waals surface area contributed by atoms with Crippen LogP contribution in [0.3, 0.4) is 0 Å². The molecular formula is C16H15ClN2O2. The van der Waals surface area contributed by atoms with Crippen LogP contribution in [0.2, 0.25) is 5.02 Å². The van der Waals surface area contributed by atoms with Gasteiger partial charge in [0.1, 0.15) is 11.9 Å². The molecule has 5 heteroatoms. The summed E-state index contributed by atoms with van der Waals surface area (Å²) in [4.78, 5) is 16.4. The first kappa shape index (κ1) is 13.9. The third kappa shape index (κ3) is 3.00. The summed E-state index contributed by atoms with van der Waals surface area (Å²) in [5.74, 6) is 0.460. The van der Waals surface area contributed by atoms with Crippen molar-refractivity contribution in [3.05, 3.63) is 58.4 Å². The van der Waals surface area contributed by atoms with Gasteiger partial charge in [-0.05, 0) is 30.7 Å². The van der Waals surface area contributed by atoms with Crippen LogP contribution in [0.5, 0.6) is 5.75 Å². The van der Waals surface area contributed by atoms with Gasteiger partial charge in [0.25, 0.3) is 5.91 Å². The van der Waals surface area contributed by atoms with Gasteiger partial charge in [-0.2, -0.15) is 0 Å². The molecule has 0 bridgehead atoms. The number of halogens is 1. The number of rotatable bonds is 3. The standard InChI is InChI=1S/C16H15ClN2O2/c1-10-5-12-6-13(17)7-14(15(12)21-10)16(20)19-9-11-3-2-4-18-8-11/h2-4,6-8,10H,5,9H2,1H3,(H,19,20). The molecule has 0 spiro atoms. The van der Waals surface area contributed by atoms with E-state index in [0.717, 1.165) is 17.5 Å². The van der Waals surface area contributed by atoms with E-state index in [0.29, 0.717) is 22.9 Å². The molecule has 1 N–H and O–H groups in total. The van der Waals surface area contributed by atoms with Crippen molar-refractivity contribution in [2.75, 3.05) is 0 Å². The molecule has 0 saturated carbocycles. The Morgan fingerprint density at radius 3 is 3.14 bits per heavy atom. The third-order valence-corrected chi connectivity index (χ3v) is 3.60. The number of carbonyl (C=O) groups excluding carboxylic acids is 1. The fraction of sp³-hybridized carbons (Fsp3) is 0.250. The average molecular weight is 303 g/mol. The molecule has 108 valence electrons. The summed E-state index contributed by atoms with van der Waals surface area (Å²) < 4.78 is 5.73. The number of ether oxygens (including phenoxy) is 1. The number of hydrogen-bond donors (Lipinski definition) is 1. The van der Waals surface area contributed by atoms with Crippen molar-refractivity contribution >= 4 is 17.5 Å². The fourth-order valence-electron chi connectivity index (χ4n) is 2.44. The first-order valence-electron chi connectivity index (χ1n) is 6.79. The summed E-state index contributed by atoms with van der Waals surface area (Å²) in [6.07, 6.45) is 4.27. The van der Waals surface area contributed by atoms with Crippen LogP contribution in [0.25, 0.3) is 0 Å². The molecule has 4 nitrogen and oxygen atoms in total. The van der Waals surface area contributed by atoms with E-state index in [1.54, 1.807) is 18.5 Å². The Bertz CT molecular complexity index is 673. The first-order chi connectivity index (χ1) is 10.1. The zero-order valence-corrected chi connectivity index (χ0v) is 12.4. The van der Waals surface area contributed by atoms with Crippen molar-refractivity contribution < 1.29 is 9.53 Å². The predicted molar refractivity (Wildman–Crippen MR) is 80.7 cm³/mol. The van der Waals surface area contributed by atoms with Crippen LogP contribution in [-0.2, 0) is 13.0 Å². The molecule has 1 aliphatic rings. The number of benzene rings is 1. The van der Waals surface area contributed by atoms with Crippen LogP contribution >= 0.6 is 11.6 Å². The molecule has 0 fully saturated rings. The number of amides is 1. The minimum absolute atomic E-state index is 0.0725. The summed E-state index contributed by atoms with van der Waals surface area (Å²) in [6.45, 7) is 2.40. The molecule has 1 amide bonds. The van der Waals surface area contributed by atoms with Crippen molar-refractivity contribution in [1.29, 1.82) is 0 Å². The topological polar surface area (TPSA) is 51.2 Å². The van der Waals surface area contributed by atoms with Crippen molar-refractivity contribution in [3.8, 4) is 5.75 Å². The van der Waals surface area contributed by atoms with E-state index in [-0.39, 0.29) is 12.0 Å². The van der Waals surface area contributed by atoms with Crippen LogP contribution < -0.4 is 10.1 Å². The Labute approximate surface area is 128 Å². The van der Waals surface area contributed by atoms with Crippen molar-refractivity contribution in [3.63, 3.8) is 0 Å². The largest absolute Gasteiger partial charge is 0.489 e. The summed E-state index contributed by atoms with van der Waals surface area (Å²) in [5.41, 5.74) is 2.42. The second-order valence-electron chi connectivity index (χ2n) is 5.12. The lowest BCUT2D eigenvalue weighted by atomic mass is 10.1. The molecule has 0 aliphatic carbocycles. The number of fused-ring (bicyclic) bond motifs is 1. The average Bonchev–Trinajstić information content (AvgIpc) is 2.85. The van der Waals surface area contributed by atoms with E-state index >= 15 is 0 Å². The highest BCUT2D eigenvalue weighted by Gasteiger charge is 2.25. The third-order valence-electron chi connectivity index (χ3n) is 3.38. The van der Waals surface area contributed by atoms with Gasteiger partial charge in [0.2, 0.25) is 0 Å². The van der Waals surface area contributed by atoms with Gasteiger partial charge in [0.05, 0.1) is 5.56 Å². The second kappa shape index (κ2) is 5.74. The Balaban J connectivity index is 1.79. The quantitative estimate of drug-likeness (QED) is 0.948. The SMILES string of the molecule is CC1Cc2cc(Cl)cc(C(=O)NCc3cccnc3)c2O1. The molecule has 21 heavy (non-hydrogen) atoms. The number of nitrogens with zero attached hydrogens (tertiary/aromatic N) is 1. The molecule has 1 aromatic heterocycles. The van der Waals surface area contributed by atoms with Crippen LogP contribution in [0.1, 0.15) is 28.4 Å². The Kier molecular flexibility index (Phi) is 3.80. The molecule has 0 radical (unpaired) electrons. The number of nitrogens with one attached hydrogen (secondary N) is 1. The number of aromatic nitrogens is 1. The molecular weight excluding hydrogens is 288 g/mol. The van der Waals surface area contributed by atoms with Gasteiger partial charge in [-0.3, -0.25) is 9.78 Å². The summed E-state index contributed by atoms with van der Waals surface area (Å²) in [6, 6.07) is 7.26.